The van der Waals surface area contributed by atoms with Crippen LogP contribution in [0.25, 0.3) is 0 Å². The van der Waals surface area contributed by atoms with Crippen molar-refractivity contribution < 1.29 is 23.4 Å². The normalized spacial score (nSPS) is 20.8. The molecule has 3 unspecified atom stereocenters. The molecule has 3 atom stereocenters. The van der Waals surface area contributed by atoms with Crippen LogP contribution in [0.3, 0.4) is 0 Å². The Morgan fingerprint density at radius 3 is 2.72 bits per heavy atom. The first-order valence-corrected chi connectivity index (χ1v) is 12.0. The van der Waals surface area contributed by atoms with Crippen molar-refractivity contribution in [2.45, 2.75) is 44.7 Å². The number of hydrogen-bond acceptors (Lipinski definition) is 5. The zero-order valence-corrected chi connectivity index (χ0v) is 19.6. The minimum Gasteiger partial charge on any atom is -0.483 e. The summed E-state index contributed by atoms with van der Waals surface area (Å²) in [6.45, 7) is 1.17. The molecule has 2 aromatic carbocycles. The molecule has 5 rings (SSSR count). The van der Waals surface area contributed by atoms with E-state index < -0.39 is 29.2 Å². The maximum atomic E-state index is 14.0. The molecule has 188 valence electrons. The lowest BCUT2D eigenvalue weighted by molar-refractivity contribution is -0.0298. The van der Waals surface area contributed by atoms with Crippen molar-refractivity contribution in [3.63, 3.8) is 0 Å². The van der Waals surface area contributed by atoms with Gasteiger partial charge in [0.05, 0.1) is 0 Å². The van der Waals surface area contributed by atoms with Crippen LogP contribution in [0.15, 0.2) is 59.5 Å². The van der Waals surface area contributed by atoms with E-state index in [-0.39, 0.29) is 36.1 Å². The molecule has 1 saturated heterocycles. The number of ether oxygens (including phenoxy) is 1. The first-order chi connectivity index (χ1) is 17.4. The standard InChI is InChI=1S/C27H27F2N3O4/c28-19-10-9-18(22(29)12-19)13-30-26(34)21-15-32-20-8-4-5-11-31(14-20)27(35)23(32)25(24(21)33)36-16-17-6-2-1-3-7-17/h1-3,6-7,9-10,12,15,20,27,35H,4-5,8,11,13-14,16H2,(H,30,34). The summed E-state index contributed by atoms with van der Waals surface area (Å²) in [4.78, 5) is 28.6. The van der Waals surface area contributed by atoms with E-state index in [9.17, 15) is 23.5 Å². The Labute approximate surface area is 206 Å². The molecule has 3 aromatic rings. The van der Waals surface area contributed by atoms with Gasteiger partial charge < -0.3 is 19.7 Å². The molecule has 3 heterocycles. The van der Waals surface area contributed by atoms with Gasteiger partial charge in [-0.3, -0.25) is 14.5 Å². The van der Waals surface area contributed by atoms with Gasteiger partial charge in [-0.2, -0.15) is 0 Å². The first kappa shape index (κ1) is 24.1. The molecular formula is C27H27F2N3O4. The minimum absolute atomic E-state index is 0.0355. The highest BCUT2D eigenvalue weighted by Gasteiger charge is 2.37. The van der Waals surface area contributed by atoms with Gasteiger partial charge in [-0.05, 0) is 24.5 Å². The van der Waals surface area contributed by atoms with Gasteiger partial charge in [-0.25, -0.2) is 8.78 Å². The van der Waals surface area contributed by atoms with E-state index in [1.165, 1.54) is 12.3 Å². The van der Waals surface area contributed by atoms with Crippen molar-refractivity contribution in [1.29, 1.82) is 0 Å². The van der Waals surface area contributed by atoms with Gasteiger partial charge in [0, 0.05) is 43.5 Å². The summed E-state index contributed by atoms with van der Waals surface area (Å²) in [7, 11) is 0. The number of aliphatic hydroxyl groups excluding tert-OH is 1. The Morgan fingerprint density at radius 2 is 1.94 bits per heavy atom. The summed E-state index contributed by atoms with van der Waals surface area (Å²) in [6, 6.07) is 12.4. The van der Waals surface area contributed by atoms with Crippen LogP contribution in [-0.4, -0.2) is 33.6 Å². The second-order valence-electron chi connectivity index (χ2n) is 9.20. The number of halogens is 2. The highest BCUT2D eigenvalue weighted by molar-refractivity contribution is 5.94. The molecule has 2 N–H and O–H groups in total. The molecule has 7 nitrogen and oxygen atoms in total. The summed E-state index contributed by atoms with van der Waals surface area (Å²) in [5, 5.41) is 13.7. The lowest BCUT2D eigenvalue weighted by Crippen LogP contribution is -2.43. The molecule has 0 aliphatic carbocycles. The van der Waals surface area contributed by atoms with E-state index in [2.05, 4.69) is 5.32 Å². The van der Waals surface area contributed by atoms with Crippen molar-refractivity contribution >= 4 is 5.91 Å². The predicted octanol–water partition coefficient (Wildman–Crippen LogP) is 3.67. The number of aromatic nitrogens is 1. The SMILES string of the molecule is O=C(NCc1ccc(F)cc1F)c1cn2c(c(OCc3ccccc3)c1=O)C(O)N1CCCCC2C1. The molecule has 1 fully saturated rings. The van der Waals surface area contributed by atoms with E-state index in [1.54, 1.807) is 4.57 Å². The van der Waals surface area contributed by atoms with Crippen LogP contribution in [0.1, 0.15) is 58.7 Å². The molecule has 2 aliphatic heterocycles. The molecule has 36 heavy (non-hydrogen) atoms. The van der Waals surface area contributed by atoms with Gasteiger partial charge in [-0.15, -0.1) is 0 Å². The maximum Gasteiger partial charge on any atom is 0.257 e. The van der Waals surface area contributed by atoms with Crippen molar-refractivity contribution in [3.8, 4) is 5.75 Å². The molecule has 2 bridgehead atoms. The lowest BCUT2D eigenvalue weighted by atomic mass is 10.0. The van der Waals surface area contributed by atoms with E-state index in [0.29, 0.717) is 18.8 Å². The van der Waals surface area contributed by atoms with Gasteiger partial charge in [0.15, 0.2) is 12.0 Å². The number of amides is 1. The Hall–Kier alpha value is -3.56. The van der Waals surface area contributed by atoms with Crippen molar-refractivity contribution in [2.24, 2.45) is 0 Å². The topological polar surface area (TPSA) is 83.8 Å². The number of carbonyl (C=O) groups excluding carboxylic acids is 1. The van der Waals surface area contributed by atoms with E-state index in [1.807, 2.05) is 35.2 Å². The van der Waals surface area contributed by atoms with E-state index in [4.69, 9.17) is 4.74 Å². The van der Waals surface area contributed by atoms with Crippen LogP contribution in [0, 0.1) is 11.6 Å². The number of nitrogens with one attached hydrogen (secondary N) is 1. The molecule has 2 aliphatic rings. The number of pyridine rings is 1. The summed E-state index contributed by atoms with van der Waals surface area (Å²) in [5.41, 5.74) is 0.469. The van der Waals surface area contributed by atoms with Gasteiger partial charge >= 0.3 is 0 Å². The fourth-order valence-electron chi connectivity index (χ4n) is 4.91. The van der Waals surface area contributed by atoms with Crippen LogP contribution < -0.4 is 15.5 Å². The van der Waals surface area contributed by atoms with Gasteiger partial charge in [0.2, 0.25) is 5.43 Å². The highest BCUT2D eigenvalue weighted by Crippen LogP contribution is 2.38. The maximum absolute atomic E-state index is 14.0. The van der Waals surface area contributed by atoms with Crippen molar-refractivity contribution in [3.05, 3.63) is 99.0 Å². The number of aliphatic hydroxyl groups is 1. The largest absolute Gasteiger partial charge is 0.483 e. The third-order valence-corrected chi connectivity index (χ3v) is 6.82. The van der Waals surface area contributed by atoms with Gasteiger partial charge in [0.1, 0.15) is 29.5 Å². The Balaban J connectivity index is 1.51. The number of nitrogens with zero attached hydrogens (tertiary/aromatic N) is 2. The van der Waals surface area contributed by atoms with Crippen molar-refractivity contribution in [1.82, 2.24) is 14.8 Å². The Morgan fingerprint density at radius 1 is 1.14 bits per heavy atom. The van der Waals surface area contributed by atoms with E-state index in [0.717, 1.165) is 37.0 Å². The number of carbonyl (C=O) groups is 1. The highest BCUT2D eigenvalue weighted by atomic mass is 19.1. The van der Waals surface area contributed by atoms with Crippen LogP contribution in [0.5, 0.6) is 5.75 Å². The van der Waals surface area contributed by atoms with Gasteiger partial charge in [-0.1, -0.05) is 42.8 Å². The number of fused-ring (bicyclic) bond motifs is 4. The van der Waals surface area contributed by atoms with Crippen LogP contribution in [-0.2, 0) is 13.2 Å². The summed E-state index contributed by atoms with van der Waals surface area (Å²) >= 11 is 0. The summed E-state index contributed by atoms with van der Waals surface area (Å²) < 4.78 is 35.0. The first-order valence-electron chi connectivity index (χ1n) is 12.0. The second-order valence-corrected chi connectivity index (χ2v) is 9.20. The quantitative estimate of drug-likeness (QED) is 0.545. The summed E-state index contributed by atoms with van der Waals surface area (Å²) in [5.74, 6) is -2.27. The average molecular weight is 496 g/mol. The molecule has 9 heteroatoms. The molecule has 1 aromatic heterocycles. The summed E-state index contributed by atoms with van der Waals surface area (Å²) in [6.07, 6.45) is 3.14. The molecular weight excluding hydrogens is 468 g/mol. The fraction of sp³-hybridized carbons (Fsp3) is 0.333. The zero-order chi connectivity index (χ0) is 25.2. The smallest absolute Gasteiger partial charge is 0.257 e. The van der Waals surface area contributed by atoms with E-state index >= 15 is 0 Å². The lowest BCUT2D eigenvalue weighted by Gasteiger charge is -2.39. The fourth-order valence-corrected chi connectivity index (χ4v) is 4.91. The van der Waals surface area contributed by atoms with Crippen LogP contribution >= 0.6 is 0 Å². The number of benzene rings is 2. The predicted molar refractivity (Wildman–Crippen MR) is 128 cm³/mol. The van der Waals surface area contributed by atoms with Gasteiger partial charge in [0.25, 0.3) is 5.91 Å². The number of rotatable bonds is 6. The second kappa shape index (κ2) is 10.2. The average Bonchev–Trinajstić information content (AvgIpc) is 3.10. The zero-order valence-electron chi connectivity index (χ0n) is 19.6. The molecule has 1 amide bonds. The Bertz CT molecular complexity index is 1330. The molecule has 0 spiro atoms. The van der Waals surface area contributed by atoms with Crippen molar-refractivity contribution in [2.75, 3.05) is 13.1 Å². The number of hydrogen-bond donors (Lipinski definition) is 2. The monoisotopic (exact) mass is 495 g/mol. The third-order valence-electron chi connectivity index (χ3n) is 6.82. The third kappa shape index (κ3) is 4.76. The van der Waals surface area contributed by atoms with Crippen LogP contribution in [0.2, 0.25) is 0 Å². The Kier molecular flexibility index (Phi) is 6.84. The van der Waals surface area contributed by atoms with Crippen LogP contribution in [0.4, 0.5) is 8.78 Å². The molecule has 0 saturated carbocycles. The molecule has 0 radical (unpaired) electrons. The minimum atomic E-state index is -1.04.